The van der Waals surface area contributed by atoms with Crippen molar-refractivity contribution < 1.29 is 19.6 Å². The van der Waals surface area contributed by atoms with Crippen molar-refractivity contribution in [3.05, 3.63) is 77.4 Å². The SMILES string of the molecule is CCOC(=O)c1cc(-c2ccccc2)sc1NC(=O)[C@@H](C)[NH2+][C@H]1CCCc2ccccc21. The van der Waals surface area contributed by atoms with Gasteiger partial charge in [-0.25, -0.2) is 4.79 Å². The molecule has 1 aliphatic carbocycles. The summed E-state index contributed by atoms with van der Waals surface area (Å²) in [6, 6.07) is 20.1. The van der Waals surface area contributed by atoms with E-state index in [-0.39, 0.29) is 24.6 Å². The third-order valence-electron chi connectivity index (χ3n) is 5.87. The average Bonchev–Trinajstić information content (AvgIpc) is 3.24. The fraction of sp³-hybridized carbons (Fsp3) is 0.308. The summed E-state index contributed by atoms with van der Waals surface area (Å²) in [5.74, 6) is -0.529. The number of carbonyl (C=O) groups is 2. The lowest BCUT2D eigenvalue weighted by Gasteiger charge is -2.25. The molecule has 2 atom stereocenters. The van der Waals surface area contributed by atoms with Crippen molar-refractivity contribution in [2.75, 3.05) is 11.9 Å². The number of rotatable bonds is 7. The van der Waals surface area contributed by atoms with Crippen LogP contribution in [0.4, 0.5) is 5.00 Å². The molecule has 6 heteroatoms. The van der Waals surface area contributed by atoms with E-state index >= 15 is 0 Å². The lowest BCUT2D eigenvalue weighted by molar-refractivity contribution is -0.714. The molecule has 32 heavy (non-hydrogen) atoms. The highest BCUT2D eigenvalue weighted by atomic mass is 32.1. The number of carbonyl (C=O) groups excluding carboxylic acids is 2. The predicted molar refractivity (Wildman–Crippen MR) is 128 cm³/mol. The first-order chi connectivity index (χ1) is 15.6. The standard InChI is InChI=1S/C26H28N2O3S/c1-3-31-26(30)21-16-23(19-11-5-4-6-12-19)32-25(21)28-24(29)17(2)27-22-15-9-13-18-10-7-8-14-20(18)22/h4-8,10-12,14,16-17,22,27H,3,9,13,15H2,1-2H3,(H,28,29)/p+1/t17-,22+/m1/s1. The molecule has 0 spiro atoms. The Labute approximate surface area is 192 Å². The number of ether oxygens (including phenoxy) is 1. The van der Waals surface area contributed by atoms with E-state index in [1.165, 1.54) is 22.5 Å². The minimum Gasteiger partial charge on any atom is -0.462 e. The van der Waals surface area contributed by atoms with Gasteiger partial charge in [0.05, 0.1) is 12.2 Å². The second kappa shape index (κ2) is 10.1. The number of anilines is 1. The first-order valence-electron chi connectivity index (χ1n) is 11.2. The predicted octanol–water partition coefficient (Wildman–Crippen LogP) is 4.56. The molecule has 1 heterocycles. The Hall–Kier alpha value is -2.96. The van der Waals surface area contributed by atoms with Crippen molar-refractivity contribution in [1.29, 1.82) is 0 Å². The summed E-state index contributed by atoms with van der Waals surface area (Å²) < 4.78 is 5.23. The van der Waals surface area contributed by atoms with Crippen LogP contribution in [-0.2, 0) is 16.0 Å². The Balaban J connectivity index is 1.52. The van der Waals surface area contributed by atoms with Crippen molar-refractivity contribution in [3.63, 3.8) is 0 Å². The minimum absolute atomic E-state index is 0.111. The molecule has 4 rings (SSSR count). The van der Waals surface area contributed by atoms with Gasteiger partial charge in [-0.2, -0.15) is 0 Å². The Morgan fingerprint density at radius 3 is 2.69 bits per heavy atom. The van der Waals surface area contributed by atoms with Gasteiger partial charge in [0.25, 0.3) is 5.91 Å². The maximum atomic E-state index is 13.1. The summed E-state index contributed by atoms with van der Waals surface area (Å²) in [5, 5.41) is 5.68. The third-order valence-corrected chi connectivity index (χ3v) is 6.97. The highest BCUT2D eigenvalue weighted by Crippen LogP contribution is 2.36. The topological polar surface area (TPSA) is 72.0 Å². The number of hydrogen-bond donors (Lipinski definition) is 2. The lowest BCUT2D eigenvalue weighted by Crippen LogP contribution is -2.92. The molecular formula is C26H29N2O3S+. The van der Waals surface area contributed by atoms with Gasteiger partial charge in [0, 0.05) is 16.9 Å². The van der Waals surface area contributed by atoms with Crippen LogP contribution in [0.3, 0.4) is 0 Å². The van der Waals surface area contributed by atoms with Gasteiger partial charge in [-0.3, -0.25) is 4.79 Å². The number of esters is 1. The van der Waals surface area contributed by atoms with Gasteiger partial charge in [-0.05, 0) is 43.9 Å². The van der Waals surface area contributed by atoms with Gasteiger partial charge in [0.2, 0.25) is 0 Å². The highest BCUT2D eigenvalue weighted by molar-refractivity contribution is 7.20. The molecule has 0 radical (unpaired) electrons. The van der Waals surface area contributed by atoms with Crippen LogP contribution >= 0.6 is 11.3 Å². The molecule has 3 N–H and O–H groups in total. The Morgan fingerprint density at radius 1 is 1.16 bits per heavy atom. The van der Waals surface area contributed by atoms with E-state index in [0.717, 1.165) is 29.7 Å². The van der Waals surface area contributed by atoms with Crippen LogP contribution in [0.1, 0.15) is 54.2 Å². The third kappa shape index (κ3) is 4.92. The molecule has 0 fully saturated rings. The molecule has 0 saturated carbocycles. The zero-order chi connectivity index (χ0) is 22.5. The lowest BCUT2D eigenvalue weighted by atomic mass is 9.87. The number of aryl methyl sites for hydroxylation is 1. The molecule has 166 valence electrons. The Bertz CT molecular complexity index is 1090. The fourth-order valence-electron chi connectivity index (χ4n) is 4.24. The molecule has 1 amide bonds. The van der Waals surface area contributed by atoms with Crippen LogP contribution in [0.25, 0.3) is 10.4 Å². The van der Waals surface area contributed by atoms with Gasteiger partial charge in [-0.1, -0.05) is 54.6 Å². The van der Waals surface area contributed by atoms with E-state index in [9.17, 15) is 9.59 Å². The summed E-state index contributed by atoms with van der Waals surface area (Å²) in [6.45, 7) is 3.98. The second-order valence-corrected chi connectivity index (χ2v) is 9.16. The summed E-state index contributed by atoms with van der Waals surface area (Å²) in [5.41, 5.74) is 4.11. The molecule has 2 aromatic carbocycles. The van der Waals surface area contributed by atoms with Crippen molar-refractivity contribution in [2.24, 2.45) is 0 Å². The summed E-state index contributed by atoms with van der Waals surface area (Å²) in [7, 11) is 0. The number of nitrogens with two attached hydrogens (primary N) is 1. The number of hydrogen-bond acceptors (Lipinski definition) is 4. The van der Waals surface area contributed by atoms with Crippen molar-refractivity contribution in [2.45, 2.75) is 45.2 Å². The zero-order valence-electron chi connectivity index (χ0n) is 18.5. The number of fused-ring (bicyclic) bond motifs is 1. The first-order valence-corrected chi connectivity index (χ1v) is 12.0. The minimum atomic E-state index is -0.418. The van der Waals surface area contributed by atoms with Gasteiger partial charge in [-0.15, -0.1) is 11.3 Å². The summed E-state index contributed by atoms with van der Waals surface area (Å²) in [4.78, 5) is 26.5. The average molecular weight is 450 g/mol. The zero-order valence-corrected chi connectivity index (χ0v) is 19.3. The molecule has 5 nitrogen and oxygen atoms in total. The second-order valence-electron chi connectivity index (χ2n) is 8.11. The van der Waals surface area contributed by atoms with E-state index in [1.54, 1.807) is 13.0 Å². The fourth-order valence-corrected chi connectivity index (χ4v) is 5.30. The smallest absolute Gasteiger partial charge is 0.341 e. The maximum absolute atomic E-state index is 13.1. The van der Waals surface area contributed by atoms with E-state index in [1.807, 2.05) is 37.3 Å². The molecule has 0 unspecified atom stereocenters. The van der Waals surface area contributed by atoms with Crippen LogP contribution in [0.2, 0.25) is 0 Å². The van der Waals surface area contributed by atoms with Gasteiger partial charge < -0.3 is 15.4 Å². The number of nitrogens with one attached hydrogen (secondary N) is 1. The quantitative estimate of drug-likeness (QED) is 0.520. The number of benzene rings is 2. The van der Waals surface area contributed by atoms with E-state index < -0.39 is 5.97 Å². The molecule has 0 aliphatic heterocycles. The molecule has 1 aromatic heterocycles. The number of thiophene rings is 1. The maximum Gasteiger partial charge on any atom is 0.341 e. The van der Waals surface area contributed by atoms with Gasteiger partial charge in [0.15, 0.2) is 6.04 Å². The monoisotopic (exact) mass is 449 g/mol. The molecule has 1 aliphatic rings. The summed E-state index contributed by atoms with van der Waals surface area (Å²) >= 11 is 1.40. The van der Waals surface area contributed by atoms with E-state index in [4.69, 9.17) is 4.74 Å². The van der Waals surface area contributed by atoms with Crippen LogP contribution in [0.15, 0.2) is 60.7 Å². The normalized spacial score (nSPS) is 16.1. The highest BCUT2D eigenvalue weighted by Gasteiger charge is 2.28. The van der Waals surface area contributed by atoms with Crippen molar-refractivity contribution >= 4 is 28.2 Å². The molecule has 0 bridgehead atoms. The van der Waals surface area contributed by atoms with Crippen LogP contribution in [0, 0.1) is 0 Å². The first kappa shape index (κ1) is 22.2. The van der Waals surface area contributed by atoms with Crippen LogP contribution in [0.5, 0.6) is 0 Å². The molecule has 3 aromatic rings. The molecular weight excluding hydrogens is 420 g/mol. The van der Waals surface area contributed by atoms with Crippen LogP contribution in [-0.4, -0.2) is 24.5 Å². The van der Waals surface area contributed by atoms with E-state index in [0.29, 0.717) is 10.6 Å². The number of quaternary nitrogens is 1. The van der Waals surface area contributed by atoms with Gasteiger partial charge in [0.1, 0.15) is 11.0 Å². The van der Waals surface area contributed by atoms with E-state index in [2.05, 4.69) is 34.9 Å². The number of amides is 1. The molecule has 0 saturated heterocycles. The Kier molecular flexibility index (Phi) is 7.02. The van der Waals surface area contributed by atoms with Crippen molar-refractivity contribution in [3.8, 4) is 10.4 Å². The summed E-state index contributed by atoms with van der Waals surface area (Å²) in [6.07, 6.45) is 3.28. The Morgan fingerprint density at radius 2 is 1.91 bits per heavy atom. The largest absolute Gasteiger partial charge is 0.462 e. The van der Waals surface area contributed by atoms with Gasteiger partial charge >= 0.3 is 5.97 Å². The van der Waals surface area contributed by atoms with Crippen molar-refractivity contribution in [1.82, 2.24) is 0 Å². The van der Waals surface area contributed by atoms with Crippen LogP contribution < -0.4 is 10.6 Å².